The fourth-order valence-corrected chi connectivity index (χ4v) is 6.57. The highest BCUT2D eigenvalue weighted by Gasteiger charge is 2.42. The first kappa shape index (κ1) is 30.9. The van der Waals surface area contributed by atoms with Crippen LogP contribution in [0, 0.1) is 16.7 Å². The lowest BCUT2D eigenvalue weighted by atomic mass is 10.0. The summed E-state index contributed by atoms with van der Waals surface area (Å²) in [6.07, 6.45) is -2.66. The second-order valence-electron chi connectivity index (χ2n) is 10.1. The zero-order chi connectivity index (χ0) is 30.8. The van der Waals surface area contributed by atoms with Crippen LogP contribution < -0.4 is 15.0 Å². The van der Waals surface area contributed by atoms with E-state index in [1.165, 1.54) is 22.7 Å². The van der Waals surface area contributed by atoms with Gasteiger partial charge in [-0.15, -0.1) is 11.8 Å². The number of carbonyl (C=O) groups excluding carboxylic acids is 1. The minimum atomic E-state index is -4.72. The van der Waals surface area contributed by atoms with E-state index < -0.39 is 17.3 Å². The van der Waals surface area contributed by atoms with Gasteiger partial charge in [-0.3, -0.25) is 4.79 Å². The number of allylic oxidation sites excluding steroid dienone is 2. The number of carbonyl (C=O) groups is 1. The van der Waals surface area contributed by atoms with Crippen molar-refractivity contribution in [3.63, 3.8) is 0 Å². The highest BCUT2D eigenvalue weighted by molar-refractivity contribution is 8.00. The number of alkyl halides is 3. The summed E-state index contributed by atoms with van der Waals surface area (Å²) in [6.45, 7) is 9.87. The van der Waals surface area contributed by atoms with Crippen molar-refractivity contribution in [1.29, 1.82) is 10.7 Å². The molecule has 4 rings (SSSR count). The number of methoxy groups -OCH3 is 1. The number of aliphatic imine (C=N–C) groups is 1. The first-order chi connectivity index (χ1) is 19.9. The van der Waals surface area contributed by atoms with E-state index in [1.54, 1.807) is 19.2 Å². The van der Waals surface area contributed by atoms with E-state index in [0.717, 1.165) is 29.0 Å². The van der Waals surface area contributed by atoms with Crippen molar-refractivity contribution in [2.75, 3.05) is 12.0 Å². The Hall–Kier alpha value is -4.04. The zero-order valence-electron chi connectivity index (χ0n) is 23.9. The molecular formula is C31H32F3N5O2S. The van der Waals surface area contributed by atoms with Gasteiger partial charge in [-0.1, -0.05) is 26.8 Å². The van der Waals surface area contributed by atoms with Crippen molar-refractivity contribution in [2.45, 2.75) is 68.8 Å². The molecule has 2 atom stereocenters. The first-order valence-electron chi connectivity index (χ1n) is 13.6. The predicted octanol–water partition coefficient (Wildman–Crippen LogP) is 7.22. The second kappa shape index (κ2) is 12.4. The van der Waals surface area contributed by atoms with Gasteiger partial charge in [0.15, 0.2) is 0 Å². The number of rotatable bonds is 9. The molecule has 2 aromatic carbocycles. The number of thioether (sulfide) groups is 1. The van der Waals surface area contributed by atoms with E-state index in [0.29, 0.717) is 47.1 Å². The van der Waals surface area contributed by atoms with Crippen molar-refractivity contribution in [2.24, 2.45) is 4.99 Å². The summed E-state index contributed by atoms with van der Waals surface area (Å²) >= 11 is 1.47. The van der Waals surface area contributed by atoms with Gasteiger partial charge in [-0.05, 0) is 61.7 Å². The van der Waals surface area contributed by atoms with Gasteiger partial charge in [0.25, 0.3) is 0 Å². The maximum atomic E-state index is 13.6. The fourth-order valence-electron chi connectivity index (χ4n) is 5.19. The molecule has 220 valence electrons. The molecule has 2 unspecified atom stereocenters. The van der Waals surface area contributed by atoms with Gasteiger partial charge in [0.1, 0.15) is 11.6 Å². The number of halogens is 3. The van der Waals surface area contributed by atoms with Crippen LogP contribution in [-0.4, -0.2) is 35.9 Å². The van der Waals surface area contributed by atoms with E-state index >= 15 is 0 Å². The van der Waals surface area contributed by atoms with Crippen molar-refractivity contribution in [3.8, 4) is 11.8 Å². The zero-order valence-corrected chi connectivity index (χ0v) is 24.7. The van der Waals surface area contributed by atoms with Crippen molar-refractivity contribution >= 4 is 34.9 Å². The highest BCUT2D eigenvalue weighted by atomic mass is 32.2. The Morgan fingerprint density at radius 1 is 1.29 bits per heavy atom. The van der Waals surface area contributed by atoms with Crippen LogP contribution in [0.25, 0.3) is 0 Å². The average Bonchev–Trinajstić information content (AvgIpc) is 3.27. The number of hydrogen-bond donors (Lipinski definition) is 2. The van der Waals surface area contributed by atoms with Crippen LogP contribution in [-0.2, 0) is 11.0 Å². The van der Waals surface area contributed by atoms with Crippen molar-refractivity contribution in [1.82, 2.24) is 5.32 Å². The lowest BCUT2D eigenvalue weighted by molar-refractivity contribution is -0.137. The van der Waals surface area contributed by atoms with Gasteiger partial charge in [-0.25, -0.2) is 4.99 Å². The lowest BCUT2D eigenvalue weighted by Gasteiger charge is -2.28. The van der Waals surface area contributed by atoms with Crippen LogP contribution >= 0.6 is 11.8 Å². The molecule has 1 saturated heterocycles. The normalized spacial score (nSPS) is 19.0. The van der Waals surface area contributed by atoms with Crippen LogP contribution in [0.15, 0.2) is 69.8 Å². The molecule has 2 aliphatic rings. The van der Waals surface area contributed by atoms with E-state index in [2.05, 4.69) is 11.9 Å². The Kier molecular flexibility index (Phi) is 9.16. The Balaban J connectivity index is 1.67. The number of amidine groups is 1. The van der Waals surface area contributed by atoms with Crippen LogP contribution in [0.4, 0.5) is 18.9 Å². The molecule has 2 aromatic rings. The van der Waals surface area contributed by atoms with Gasteiger partial charge in [0, 0.05) is 34.0 Å². The molecule has 1 amide bonds. The molecule has 0 spiro atoms. The summed E-state index contributed by atoms with van der Waals surface area (Å²) in [6, 6.07) is 10.2. The number of nitrogens with one attached hydrogen (secondary N) is 2. The average molecular weight is 596 g/mol. The smallest absolute Gasteiger partial charge is 0.417 e. The third kappa shape index (κ3) is 6.09. The fraction of sp³-hybridized carbons (Fsp3) is 0.355. The summed E-state index contributed by atoms with van der Waals surface area (Å²) in [5.41, 5.74) is 1.68. The van der Waals surface area contributed by atoms with Crippen molar-refractivity contribution in [3.05, 3.63) is 76.6 Å². The van der Waals surface area contributed by atoms with Crippen molar-refractivity contribution < 1.29 is 22.7 Å². The molecule has 0 bridgehead atoms. The minimum Gasteiger partial charge on any atom is -0.496 e. The topological polar surface area (TPSA) is 102 Å². The van der Waals surface area contributed by atoms with E-state index in [-0.39, 0.29) is 29.3 Å². The quantitative estimate of drug-likeness (QED) is 0.298. The van der Waals surface area contributed by atoms with Crippen LogP contribution in [0.2, 0.25) is 0 Å². The molecule has 2 aliphatic heterocycles. The van der Waals surface area contributed by atoms with Gasteiger partial charge >= 0.3 is 6.18 Å². The molecule has 2 heterocycles. The molecule has 1 fully saturated rings. The highest BCUT2D eigenvalue weighted by Crippen LogP contribution is 2.42. The summed E-state index contributed by atoms with van der Waals surface area (Å²) in [7, 11) is 1.55. The standard InChI is InChI=1S/C31H32F3N5O2S/c1-6-8-24(36)29-17(3)18(4)37-30(38-29)22-14-21(11-12-26(22)41-5)42-27-15-28(40)39(25(27)7-2)20-10-9-19(16-35)23(13-20)31(32,33)34/h9-14,25,27,36H,4,6-8,15H2,1-3,5H3,(H,37,38). The number of nitriles is 1. The monoisotopic (exact) mass is 595 g/mol. The Labute approximate surface area is 247 Å². The third-order valence-electron chi connectivity index (χ3n) is 7.33. The molecular weight excluding hydrogens is 563 g/mol. The molecule has 11 heteroatoms. The Bertz CT molecular complexity index is 1540. The Morgan fingerprint density at radius 2 is 2.02 bits per heavy atom. The molecule has 0 radical (unpaired) electrons. The second-order valence-corrected chi connectivity index (χ2v) is 11.4. The van der Waals surface area contributed by atoms with E-state index in [4.69, 9.17) is 20.4 Å². The van der Waals surface area contributed by atoms with Gasteiger partial charge in [-0.2, -0.15) is 18.4 Å². The summed E-state index contributed by atoms with van der Waals surface area (Å²) < 4.78 is 46.5. The summed E-state index contributed by atoms with van der Waals surface area (Å²) in [4.78, 5) is 20.2. The molecule has 0 saturated carbocycles. The minimum absolute atomic E-state index is 0.125. The molecule has 0 aromatic heterocycles. The van der Waals surface area contributed by atoms with Gasteiger partial charge in [0.2, 0.25) is 5.91 Å². The van der Waals surface area contributed by atoms with Crippen LogP contribution in [0.5, 0.6) is 5.75 Å². The maximum Gasteiger partial charge on any atom is 0.417 e. The number of hydrogen-bond acceptors (Lipinski definition) is 7. The summed E-state index contributed by atoms with van der Waals surface area (Å²) in [5.74, 6) is 0.780. The predicted molar refractivity (Wildman–Crippen MR) is 159 cm³/mol. The largest absolute Gasteiger partial charge is 0.496 e. The van der Waals surface area contributed by atoms with E-state index in [9.17, 15) is 18.0 Å². The first-order valence-corrected chi connectivity index (χ1v) is 14.4. The third-order valence-corrected chi connectivity index (χ3v) is 8.64. The molecule has 42 heavy (non-hydrogen) atoms. The number of ether oxygens (including phenoxy) is 1. The number of nitrogens with zero attached hydrogens (tertiary/aromatic N) is 3. The SMILES string of the molecule is C=C1NC(c2cc(SC3CC(=O)N(c4ccc(C#N)c(C(F)(F)F)c4)C3CC)ccc2OC)=NC(C(=N)CCC)=C1C. The lowest BCUT2D eigenvalue weighted by Crippen LogP contribution is -2.36. The Morgan fingerprint density at radius 3 is 2.64 bits per heavy atom. The van der Waals surface area contributed by atoms with Crippen LogP contribution in [0.3, 0.4) is 0 Å². The summed E-state index contributed by atoms with van der Waals surface area (Å²) in [5, 5.41) is 20.6. The molecule has 2 N–H and O–H groups in total. The molecule has 7 nitrogen and oxygen atoms in total. The molecule has 0 aliphatic carbocycles. The number of anilines is 1. The number of amides is 1. The van der Waals surface area contributed by atoms with Gasteiger partial charge < -0.3 is 20.4 Å². The number of benzene rings is 2. The van der Waals surface area contributed by atoms with Gasteiger partial charge in [0.05, 0.1) is 41.3 Å². The van der Waals surface area contributed by atoms with Crippen LogP contribution in [0.1, 0.15) is 63.1 Å². The maximum absolute atomic E-state index is 13.6. The van der Waals surface area contributed by atoms with E-state index in [1.807, 2.05) is 32.9 Å².